The number of carbonyl (C=O) groups excluding carboxylic acids is 1. The topological polar surface area (TPSA) is 109 Å². The van der Waals surface area contributed by atoms with Crippen molar-refractivity contribution in [3.8, 4) is 17.2 Å². The van der Waals surface area contributed by atoms with Gasteiger partial charge in [0.25, 0.3) is 5.69 Å². The second-order valence-corrected chi connectivity index (χ2v) is 7.81. The predicted molar refractivity (Wildman–Crippen MR) is 119 cm³/mol. The molecule has 0 atom stereocenters. The Bertz CT molecular complexity index is 1210. The molecular weight excluding hydrogens is 525 g/mol. The van der Waals surface area contributed by atoms with Gasteiger partial charge in [-0.3, -0.25) is 19.6 Å². The number of hydrogen-bond donors (Lipinski definition) is 1. The first kappa shape index (κ1) is 25.0. The zero-order valence-electron chi connectivity index (χ0n) is 17.9. The van der Waals surface area contributed by atoms with Gasteiger partial charge in [0.05, 0.1) is 40.5 Å². The standard InChI is InChI=1S/C21H18BrF3N4O5/c1-12-19(22)20(21(23,24)25)27-28(12)8-7-18(30)26-13-9-14(29(31)32)11-17(10-13)34-16-5-3-15(33-2)4-6-16/h3-6,9-11H,7-8H2,1-2H3,(H,26,30). The molecule has 2 aromatic carbocycles. The van der Waals surface area contributed by atoms with Crippen LogP contribution in [0.15, 0.2) is 46.9 Å². The third kappa shape index (κ3) is 6.04. The third-order valence-corrected chi connectivity index (χ3v) is 5.58. The molecule has 0 fully saturated rings. The van der Waals surface area contributed by atoms with Crippen molar-refractivity contribution in [3.05, 3.63) is 68.4 Å². The second kappa shape index (κ2) is 10.1. The number of methoxy groups -OCH3 is 1. The quantitative estimate of drug-likeness (QED) is 0.288. The highest BCUT2D eigenvalue weighted by Crippen LogP contribution is 2.35. The predicted octanol–water partition coefficient (Wildman–Crippen LogP) is 5.71. The molecule has 34 heavy (non-hydrogen) atoms. The molecular formula is C21H18BrF3N4O5. The van der Waals surface area contributed by atoms with Gasteiger partial charge in [0, 0.05) is 18.6 Å². The van der Waals surface area contributed by atoms with Gasteiger partial charge >= 0.3 is 6.18 Å². The van der Waals surface area contributed by atoms with Crippen LogP contribution in [0.1, 0.15) is 17.8 Å². The molecule has 0 bridgehead atoms. The SMILES string of the molecule is COc1ccc(Oc2cc(NC(=O)CCn3nc(C(F)(F)F)c(Br)c3C)cc([N+](=O)[O-])c2)cc1. The summed E-state index contributed by atoms with van der Waals surface area (Å²) in [7, 11) is 1.51. The van der Waals surface area contributed by atoms with Crippen molar-refractivity contribution in [1.82, 2.24) is 9.78 Å². The summed E-state index contributed by atoms with van der Waals surface area (Å²) in [6.45, 7) is 1.31. The molecule has 3 rings (SSSR count). The molecule has 180 valence electrons. The molecule has 1 N–H and O–H groups in total. The average Bonchev–Trinajstić information content (AvgIpc) is 3.07. The van der Waals surface area contributed by atoms with Gasteiger partial charge in [-0.1, -0.05) is 0 Å². The van der Waals surface area contributed by atoms with Gasteiger partial charge in [-0.05, 0) is 47.1 Å². The number of aromatic nitrogens is 2. The van der Waals surface area contributed by atoms with Gasteiger partial charge in [0.2, 0.25) is 5.91 Å². The normalized spacial score (nSPS) is 11.2. The van der Waals surface area contributed by atoms with E-state index in [0.717, 1.165) is 10.7 Å². The Morgan fingerprint density at radius 2 is 1.82 bits per heavy atom. The van der Waals surface area contributed by atoms with Gasteiger partial charge in [0.15, 0.2) is 5.69 Å². The van der Waals surface area contributed by atoms with E-state index in [4.69, 9.17) is 9.47 Å². The maximum absolute atomic E-state index is 13.0. The number of nitro benzene ring substituents is 1. The monoisotopic (exact) mass is 542 g/mol. The third-order valence-electron chi connectivity index (χ3n) is 4.63. The molecule has 1 heterocycles. The van der Waals surface area contributed by atoms with E-state index in [9.17, 15) is 28.1 Å². The van der Waals surface area contributed by atoms with E-state index in [1.807, 2.05) is 0 Å². The molecule has 0 radical (unpaired) electrons. The first-order valence-corrected chi connectivity index (χ1v) is 10.5. The number of anilines is 1. The number of rotatable bonds is 8. The van der Waals surface area contributed by atoms with Gasteiger partial charge in [-0.15, -0.1) is 0 Å². The number of benzene rings is 2. The van der Waals surface area contributed by atoms with Crippen LogP contribution in [0.3, 0.4) is 0 Å². The number of aryl methyl sites for hydroxylation is 1. The van der Waals surface area contributed by atoms with Gasteiger partial charge < -0.3 is 14.8 Å². The van der Waals surface area contributed by atoms with E-state index in [0.29, 0.717) is 11.5 Å². The summed E-state index contributed by atoms with van der Waals surface area (Å²) in [5, 5.41) is 17.3. The molecule has 0 saturated carbocycles. The lowest BCUT2D eigenvalue weighted by molar-refractivity contribution is -0.384. The Kier molecular flexibility index (Phi) is 7.44. The molecule has 1 aromatic heterocycles. The average molecular weight is 543 g/mol. The zero-order chi connectivity index (χ0) is 25.0. The molecule has 0 unspecified atom stereocenters. The largest absolute Gasteiger partial charge is 0.497 e. The molecule has 0 aliphatic carbocycles. The fraction of sp³-hybridized carbons (Fsp3) is 0.238. The molecule has 0 saturated heterocycles. The Balaban J connectivity index is 1.73. The lowest BCUT2D eigenvalue weighted by atomic mass is 10.2. The fourth-order valence-corrected chi connectivity index (χ4v) is 3.46. The Morgan fingerprint density at radius 1 is 1.18 bits per heavy atom. The number of amides is 1. The Hall–Kier alpha value is -3.61. The second-order valence-electron chi connectivity index (χ2n) is 7.02. The molecule has 0 aliphatic heterocycles. The molecule has 13 heteroatoms. The van der Waals surface area contributed by atoms with E-state index in [1.54, 1.807) is 24.3 Å². The van der Waals surface area contributed by atoms with Crippen LogP contribution in [-0.2, 0) is 17.5 Å². The number of non-ortho nitro benzene ring substituents is 1. The number of nitrogens with one attached hydrogen (secondary N) is 1. The van der Waals surface area contributed by atoms with Crippen molar-refractivity contribution >= 4 is 33.2 Å². The number of ether oxygens (including phenoxy) is 2. The summed E-state index contributed by atoms with van der Waals surface area (Å²) >= 11 is 2.87. The summed E-state index contributed by atoms with van der Waals surface area (Å²) < 4.78 is 50.6. The van der Waals surface area contributed by atoms with Crippen molar-refractivity contribution in [1.29, 1.82) is 0 Å². The van der Waals surface area contributed by atoms with E-state index in [-0.39, 0.29) is 40.3 Å². The number of nitrogens with zero attached hydrogens (tertiary/aromatic N) is 3. The van der Waals surface area contributed by atoms with Crippen molar-refractivity contribution in [2.45, 2.75) is 26.1 Å². The molecule has 0 spiro atoms. The highest BCUT2D eigenvalue weighted by molar-refractivity contribution is 9.10. The number of hydrogen-bond acceptors (Lipinski definition) is 6. The summed E-state index contributed by atoms with van der Waals surface area (Å²) in [6, 6.07) is 10.3. The van der Waals surface area contributed by atoms with Gasteiger partial charge in [-0.25, -0.2) is 0 Å². The van der Waals surface area contributed by atoms with E-state index in [2.05, 4.69) is 26.3 Å². The van der Waals surface area contributed by atoms with Crippen molar-refractivity contribution in [2.75, 3.05) is 12.4 Å². The summed E-state index contributed by atoms with van der Waals surface area (Å²) in [6.07, 6.45) is -4.86. The van der Waals surface area contributed by atoms with Gasteiger partial charge in [0.1, 0.15) is 17.2 Å². The van der Waals surface area contributed by atoms with E-state index >= 15 is 0 Å². The summed E-state index contributed by atoms with van der Waals surface area (Å²) in [5.74, 6) is 0.520. The molecule has 0 aliphatic rings. The molecule has 3 aromatic rings. The number of alkyl halides is 3. The number of carbonyl (C=O) groups is 1. The Morgan fingerprint density at radius 3 is 2.38 bits per heavy atom. The zero-order valence-corrected chi connectivity index (χ0v) is 19.4. The van der Waals surface area contributed by atoms with Crippen molar-refractivity contribution < 1.29 is 32.4 Å². The van der Waals surface area contributed by atoms with Crippen LogP contribution in [0, 0.1) is 17.0 Å². The van der Waals surface area contributed by atoms with Crippen LogP contribution >= 0.6 is 15.9 Å². The van der Waals surface area contributed by atoms with Crippen LogP contribution in [0.4, 0.5) is 24.5 Å². The minimum absolute atomic E-state index is 0.0945. The summed E-state index contributed by atoms with van der Waals surface area (Å²) in [5.41, 5.74) is -1.09. The van der Waals surface area contributed by atoms with Crippen molar-refractivity contribution in [3.63, 3.8) is 0 Å². The Labute approximate surface area is 199 Å². The fourth-order valence-electron chi connectivity index (χ4n) is 2.95. The highest BCUT2D eigenvalue weighted by atomic mass is 79.9. The molecule has 1 amide bonds. The van der Waals surface area contributed by atoms with Gasteiger partial charge in [-0.2, -0.15) is 18.3 Å². The van der Waals surface area contributed by atoms with E-state index in [1.165, 1.54) is 26.2 Å². The van der Waals surface area contributed by atoms with Crippen LogP contribution < -0.4 is 14.8 Å². The first-order chi connectivity index (χ1) is 16.0. The highest BCUT2D eigenvalue weighted by Gasteiger charge is 2.37. The lowest BCUT2D eigenvalue weighted by Gasteiger charge is -2.10. The lowest BCUT2D eigenvalue weighted by Crippen LogP contribution is -2.16. The van der Waals surface area contributed by atoms with Crippen LogP contribution in [0.2, 0.25) is 0 Å². The number of halogens is 4. The smallest absolute Gasteiger partial charge is 0.436 e. The first-order valence-electron chi connectivity index (χ1n) is 9.69. The summed E-state index contributed by atoms with van der Waals surface area (Å²) in [4.78, 5) is 23.1. The van der Waals surface area contributed by atoms with Crippen LogP contribution in [0.5, 0.6) is 17.2 Å². The molecule has 9 nitrogen and oxygen atoms in total. The minimum Gasteiger partial charge on any atom is -0.497 e. The maximum atomic E-state index is 13.0. The van der Waals surface area contributed by atoms with Crippen LogP contribution in [-0.4, -0.2) is 27.7 Å². The van der Waals surface area contributed by atoms with E-state index < -0.39 is 22.7 Å². The van der Waals surface area contributed by atoms with Crippen molar-refractivity contribution in [2.24, 2.45) is 0 Å². The maximum Gasteiger partial charge on any atom is 0.436 e. The van der Waals surface area contributed by atoms with Crippen LogP contribution in [0.25, 0.3) is 0 Å². The minimum atomic E-state index is -4.64. The number of nitro groups is 1.